The van der Waals surface area contributed by atoms with Crippen LogP contribution in [0.4, 0.5) is 0 Å². The average Bonchev–Trinajstić information content (AvgIpc) is 3.93. The summed E-state index contributed by atoms with van der Waals surface area (Å²) >= 11 is 3.71. The first kappa shape index (κ1) is 30.7. The van der Waals surface area contributed by atoms with Crippen molar-refractivity contribution in [3.63, 3.8) is 0 Å². The molecule has 0 bridgehead atoms. The van der Waals surface area contributed by atoms with Gasteiger partial charge in [0.25, 0.3) is 0 Å². The molecule has 0 amide bonds. The van der Waals surface area contributed by atoms with Gasteiger partial charge in [-0.2, -0.15) is 0 Å². The molecule has 6 heteroatoms. The topological polar surface area (TPSA) is 43.6 Å². The molecule has 0 spiro atoms. The summed E-state index contributed by atoms with van der Waals surface area (Å²) < 4.78 is 7.55. The van der Waals surface area contributed by atoms with Gasteiger partial charge in [-0.15, -0.1) is 22.7 Å². The van der Waals surface area contributed by atoms with E-state index in [0.29, 0.717) is 17.5 Å². The Hall–Kier alpha value is -6.73. The Morgan fingerprint density at radius 2 is 0.945 bits per heavy atom. The Kier molecular flexibility index (Phi) is 6.64. The minimum absolute atomic E-state index is 0.661. The third-order valence-corrected chi connectivity index (χ3v) is 13.1. The fourth-order valence-corrected chi connectivity index (χ4v) is 10.7. The van der Waals surface area contributed by atoms with Gasteiger partial charge in [-0.1, -0.05) is 127 Å². The molecule has 0 radical (unpaired) electrons. The van der Waals surface area contributed by atoms with Crippen molar-refractivity contribution in [3.8, 4) is 39.9 Å². The summed E-state index contributed by atoms with van der Waals surface area (Å²) in [5.41, 5.74) is 6.52. The van der Waals surface area contributed by atoms with Crippen molar-refractivity contribution in [1.29, 1.82) is 0 Å². The number of para-hydroxylation sites is 1. The van der Waals surface area contributed by atoms with Crippen molar-refractivity contribution in [1.82, 2.24) is 19.5 Å². The fraction of sp³-hybridized carbons (Fsp3) is 0. The SMILES string of the molecule is c1ccc(-c2nc(-c3ccccc3)nc(-c3cc4sc5cc(-n6c7ccccc7c7c8c(ccc76)sc6ccccc68)ccc5c4c4ccccc34)n2)cc1. The molecule has 0 fully saturated rings. The van der Waals surface area contributed by atoms with Crippen LogP contribution in [0.25, 0.3) is 113 Å². The second-order valence-electron chi connectivity index (χ2n) is 13.9. The predicted molar refractivity (Wildman–Crippen MR) is 234 cm³/mol. The number of fused-ring (bicyclic) bond motifs is 12. The second kappa shape index (κ2) is 11.9. The van der Waals surface area contributed by atoms with E-state index in [0.717, 1.165) is 27.8 Å². The maximum Gasteiger partial charge on any atom is 0.164 e. The van der Waals surface area contributed by atoms with Crippen molar-refractivity contribution >= 4 is 95.6 Å². The highest BCUT2D eigenvalue weighted by Gasteiger charge is 2.21. The van der Waals surface area contributed by atoms with Crippen LogP contribution in [0.15, 0.2) is 170 Å². The molecule has 12 rings (SSSR count). The molecule has 0 saturated carbocycles. The minimum atomic E-state index is 0.661. The molecule has 55 heavy (non-hydrogen) atoms. The monoisotopic (exact) mass is 736 g/mol. The molecule has 0 N–H and O–H groups in total. The lowest BCUT2D eigenvalue weighted by molar-refractivity contribution is 1.08. The Balaban J connectivity index is 1.09. The number of nitrogens with zero attached hydrogens (tertiary/aromatic N) is 4. The largest absolute Gasteiger partial charge is 0.309 e. The molecule has 4 heterocycles. The lowest BCUT2D eigenvalue weighted by Crippen LogP contribution is -2.00. The van der Waals surface area contributed by atoms with Crippen molar-refractivity contribution in [2.24, 2.45) is 0 Å². The zero-order valence-corrected chi connectivity index (χ0v) is 30.9. The standard InChI is InChI=1S/C49H28N4S2/c1-3-13-29(14-4-1)47-50-48(30-15-5-2-6-16-30)52-49(51-47)37-28-43-44(33-18-8-7-17-32(33)37)36-24-23-31(27-42(36)55-43)53-38-21-11-9-19-34(38)45-39(53)25-26-41-46(45)35-20-10-12-22-40(35)54-41/h1-28H. The van der Waals surface area contributed by atoms with Gasteiger partial charge in [0.05, 0.1) is 11.0 Å². The molecule has 0 atom stereocenters. The number of aromatic nitrogens is 4. The highest BCUT2D eigenvalue weighted by molar-refractivity contribution is 7.26. The fourth-order valence-electron chi connectivity index (χ4n) is 8.43. The summed E-state index contributed by atoms with van der Waals surface area (Å²) in [6.07, 6.45) is 0. The molecule has 0 unspecified atom stereocenters. The van der Waals surface area contributed by atoms with E-state index >= 15 is 0 Å². The smallest absolute Gasteiger partial charge is 0.164 e. The number of rotatable bonds is 4. The molecule has 0 aliphatic carbocycles. The molecular weight excluding hydrogens is 709 g/mol. The van der Waals surface area contributed by atoms with Crippen LogP contribution in [-0.4, -0.2) is 19.5 Å². The van der Waals surface area contributed by atoms with Crippen LogP contribution < -0.4 is 0 Å². The molecule has 4 aromatic heterocycles. The van der Waals surface area contributed by atoms with Gasteiger partial charge in [0.2, 0.25) is 0 Å². The maximum atomic E-state index is 5.13. The van der Waals surface area contributed by atoms with Crippen LogP contribution in [-0.2, 0) is 0 Å². The molecule has 256 valence electrons. The first-order valence-corrected chi connectivity index (χ1v) is 20.0. The van der Waals surface area contributed by atoms with Crippen LogP contribution in [0.5, 0.6) is 0 Å². The predicted octanol–water partition coefficient (Wildman–Crippen LogP) is 13.9. The Bertz CT molecular complexity index is 3430. The lowest BCUT2D eigenvalue weighted by atomic mass is 9.98. The highest BCUT2D eigenvalue weighted by Crippen LogP contribution is 2.46. The Labute approximate surface area is 323 Å². The zero-order chi connectivity index (χ0) is 36.0. The van der Waals surface area contributed by atoms with Crippen molar-refractivity contribution in [3.05, 3.63) is 170 Å². The minimum Gasteiger partial charge on any atom is -0.309 e. The van der Waals surface area contributed by atoms with E-state index in [1.54, 1.807) is 0 Å². The van der Waals surface area contributed by atoms with Crippen molar-refractivity contribution in [2.45, 2.75) is 0 Å². The quantitative estimate of drug-likeness (QED) is 0.181. The first-order chi connectivity index (χ1) is 27.3. The van der Waals surface area contributed by atoms with E-state index in [1.165, 1.54) is 67.5 Å². The van der Waals surface area contributed by atoms with Gasteiger partial charge < -0.3 is 4.57 Å². The molecule has 0 aliphatic rings. The second-order valence-corrected chi connectivity index (χ2v) is 16.1. The van der Waals surface area contributed by atoms with Crippen molar-refractivity contribution in [2.75, 3.05) is 0 Å². The molecule has 4 nitrogen and oxygen atoms in total. The molecule has 0 saturated heterocycles. The summed E-state index contributed by atoms with van der Waals surface area (Å²) in [4.78, 5) is 15.2. The Morgan fingerprint density at radius 3 is 1.71 bits per heavy atom. The molecular formula is C49H28N4S2. The van der Waals surface area contributed by atoms with Gasteiger partial charge in [-0.05, 0) is 53.2 Å². The third kappa shape index (κ3) is 4.65. The number of hydrogen-bond acceptors (Lipinski definition) is 5. The van der Waals surface area contributed by atoms with Crippen LogP contribution in [0.3, 0.4) is 0 Å². The maximum absolute atomic E-state index is 5.13. The average molecular weight is 737 g/mol. The summed E-state index contributed by atoms with van der Waals surface area (Å²) in [7, 11) is 0. The van der Waals surface area contributed by atoms with Crippen LogP contribution in [0.2, 0.25) is 0 Å². The lowest BCUT2D eigenvalue weighted by Gasteiger charge is -2.11. The van der Waals surface area contributed by atoms with Gasteiger partial charge in [0, 0.05) is 73.5 Å². The van der Waals surface area contributed by atoms with E-state index in [1.807, 2.05) is 59.1 Å². The van der Waals surface area contributed by atoms with Gasteiger partial charge in [0.15, 0.2) is 17.5 Å². The van der Waals surface area contributed by atoms with E-state index in [4.69, 9.17) is 15.0 Å². The normalized spacial score (nSPS) is 12.0. The highest BCUT2D eigenvalue weighted by atomic mass is 32.1. The van der Waals surface area contributed by atoms with Gasteiger partial charge >= 0.3 is 0 Å². The van der Waals surface area contributed by atoms with E-state index in [9.17, 15) is 0 Å². The summed E-state index contributed by atoms with van der Waals surface area (Å²) in [5.74, 6) is 1.99. The van der Waals surface area contributed by atoms with Crippen LogP contribution in [0, 0.1) is 0 Å². The van der Waals surface area contributed by atoms with E-state index in [2.05, 4.69) is 138 Å². The Morgan fingerprint density at radius 1 is 0.345 bits per heavy atom. The van der Waals surface area contributed by atoms with E-state index in [-0.39, 0.29) is 0 Å². The zero-order valence-electron chi connectivity index (χ0n) is 29.3. The van der Waals surface area contributed by atoms with Crippen LogP contribution >= 0.6 is 22.7 Å². The molecule has 8 aromatic carbocycles. The number of benzene rings is 8. The van der Waals surface area contributed by atoms with Crippen LogP contribution in [0.1, 0.15) is 0 Å². The summed E-state index contributed by atoms with van der Waals surface area (Å²) in [6.45, 7) is 0. The van der Waals surface area contributed by atoms with Crippen molar-refractivity contribution < 1.29 is 0 Å². The first-order valence-electron chi connectivity index (χ1n) is 18.4. The van der Waals surface area contributed by atoms with E-state index < -0.39 is 0 Å². The van der Waals surface area contributed by atoms with Gasteiger partial charge in [-0.3, -0.25) is 0 Å². The summed E-state index contributed by atoms with van der Waals surface area (Å²) in [6, 6.07) is 60.6. The van der Waals surface area contributed by atoms with Gasteiger partial charge in [-0.25, -0.2) is 15.0 Å². The summed E-state index contributed by atoms with van der Waals surface area (Å²) in [5, 5.41) is 10.1. The third-order valence-electron chi connectivity index (χ3n) is 10.8. The van der Waals surface area contributed by atoms with Gasteiger partial charge in [0.1, 0.15) is 0 Å². The molecule has 12 aromatic rings. The molecule has 0 aliphatic heterocycles. The number of thiophene rings is 2. The number of hydrogen-bond donors (Lipinski definition) is 0.